The summed E-state index contributed by atoms with van der Waals surface area (Å²) in [6.07, 6.45) is 2.99. The maximum atomic E-state index is 14.1. The zero-order valence-corrected chi connectivity index (χ0v) is 26.0. The highest BCUT2D eigenvalue weighted by atomic mass is 19.1. The number of rotatable bonds is 5. The van der Waals surface area contributed by atoms with E-state index in [0.29, 0.717) is 44.6 Å². The molecule has 0 saturated carbocycles. The topological polar surface area (TPSA) is 90.0 Å². The molecule has 2 aromatic rings. The predicted molar refractivity (Wildman–Crippen MR) is 165 cm³/mol. The maximum Gasteiger partial charge on any atom is 0.255 e. The number of amides is 4. The van der Waals surface area contributed by atoms with Gasteiger partial charge in [-0.3, -0.25) is 29.4 Å². The first-order chi connectivity index (χ1) is 20.8. The molecule has 4 amide bonds. The highest BCUT2D eigenvalue weighted by Crippen LogP contribution is 2.44. The molecule has 3 aliphatic heterocycles. The Bertz CT molecular complexity index is 1560. The first kappa shape index (κ1) is 30.2. The van der Waals surface area contributed by atoms with Crippen molar-refractivity contribution in [2.24, 2.45) is 5.41 Å². The van der Waals surface area contributed by atoms with Crippen molar-refractivity contribution in [1.29, 1.82) is 0 Å². The molecule has 0 spiro atoms. The smallest absolute Gasteiger partial charge is 0.255 e. The van der Waals surface area contributed by atoms with Crippen LogP contribution in [0.5, 0.6) is 0 Å². The van der Waals surface area contributed by atoms with Crippen LogP contribution in [0.4, 0.5) is 4.39 Å². The van der Waals surface area contributed by atoms with E-state index in [9.17, 15) is 23.6 Å². The number of nitrogens with zero attached hydrogens (tertiary/aromatic N) is 3. The molecule has 2 aromatic carbocycles. The van der Waals surface area contributed by atoms with Crippen molar-refractivity contribution >= 4 is 29.2 Å². The molecule has 6 rings (SSSR count). The summed E-state index contributed by atoms with van der Waals surface area (Å²) in [7, 11) is 0. The second-order valence-electron chi connectivity index (χ2n) is 14.2. The molecule has 0 bridgehead atoms. The van der Waals surface area contributed by atoms with Gasteiger partial charge in [-0.25, -0.2) is 4.39 Å². The van der Waals surface area contributed by atoms with Crippen molar-refractivity contribution in [2.45, 2.75) is 84.5 Å². The Morgan fingerprint density at radius 1 is 1.00 bits per heavy atom. The molecular formula is C35H41FN4O4. The highest BCUT2D eigenvalue weighted by Gasteiger charge is 2.41. The molecule has 1 atom stereocenters. The summed E-state index contributed by atoms with van der Waals surface area (Å²) < 4.78 is 13.7. The van der Waals surface area contributed by atoms with Gasteiger partial charge in [0, 0.05) is 50.3 Å². The largest absolute Gasteiger partial charge is 0.331 e. The van der Waals surface area contributed by atoms with Gasteiger partial charge in [-0.05, 0) is 85.4 Å². The third-order valence-electron chi connectivity index (χ3n) is 9.74. The molecular weight excluding hydrogens is 559 g/mol. The second-order valence-corrected chi connectivity index (χ2v) is 14.2. The molecule has 4 aliphatic rings. The molecule has 2 saturated heterocycles. The molecule has 2 fully saturated rings. The maximum absolute atomic E-state index is 14.1. The van der Waals surface area contributed by atoms with Crippen molar-refractivity contribution in [3.63, 3.8) is 0 Å². The van der Waals surface area contributed by atoms with Crippen molar-refractivity contribution in [3.8, 4) is 0 Å². The molecule has 3 heterocycles. The lowest BCUT2D eigenvalue weighted by Crippen LogP contribution is -2.61. The first-order valence-corrected chi connectivity index (χ1v) is 15.6. The summed E-state index contributed by atoms with van der Waals surface area (Å²) in [5, 5.41) is 2.35. The van der Waals surface area contributed by atoms with Crippen molar-refractivity contribution < 1.29 is 23.6 Å². The summed E-state index contributed by atoms with van der Waals surface area (Å²) in [4.78, 5) is 57.2. The molecule has 8 nitrogen and oxygen atoms in total. The van der Waals surface area contributed by atoms with E-state index < -0.39 is 17.5 Å². The molecule has 232 valence electrons. The zero-order valence-electron chi connectivity index (χ0n) is 26.0. The van der Waals surface area contributed by atoms with Gasteiger partial charge >= 0.3 is 0 Å². The van der Waals surface area contributed by atoms with Gasteiger partial charge in [-0.15, -0.1) is 0 Å². The van der Waals surface area contributed by atoms with E-state index in [0.717, 1.165) is 47.2 Å². The Kier molecular flexibility index (Phi) is 7.72. The van der Waals surface area contributed by atoms with Crippen LogP contribution >= 0.6 is 0 Å². The first-order valence-electron chi connectivity index (χ1n) is 15.6. The Balaban J connectivity index is 1.15. The lowest BCUT2D eigenvalue weighted by Gasteiger charge is -2.48. The normalized spacial score (nSPS) is 23.6. The van der Waals surface area contributed by atoms with E-state index in [-0.39, 0.29) is 35.4 Å². The summed E-state index contributed by atoms with van der Waals surface area (Å²) in [5.74, 6) is -1.08. The number of piperidine rings is 1. The zero-order chi connectivity index (χ0) is 31.4. The lowest BCUT2D eigenvalue weighted by molar-refractivity contribution is -0.137. The molecule has 44 heavy (non-hydrogen) atoms. The van der Waals surface area contributed by atoms with Gasteiger partial charge in [0.15, 0.2) is 0 Å². The number of piperazine rings is 1. The van der Waals surface area contributed by atoms with Crippen LogP contribution in [-0.4, -0.2) is 69.5 Å². The average molecular weight is 601 g/mol. The number of allylic oxidation sites excluding steroid dienone is 1. The van der Waals surface area contributed by atoms with Crippen LogP contribution in [0.1, 0.15) is 86.8 Å². The SMILES string of the molecule is CC1(C)CCC(C(=O)N2CCN(Cc3ccc4c(c3)CN(C3CCC(=O)NC3=O)C4=O)CC2(C)C)=C(c2ccc(F)cc2)C1. The Morgan fingerprint density at radius 2 is 1.75 bits per heavy atom. The van der Waals surface area contributed by atoms with Crippen LogP contribution < -0.4 is 5.32 Å². The minimum absolute atomic E-state index is 0.0705. The minimum Gasteiger partial charge on any atom is -0.331 e. The van der Waals surface area contributed by atoms with E-state index in [2.05, 4.69) is 37.9 Å². The lowest BCUT2D eigenvalue weighted by atomic mass is 9.72. The average Bonchev–Trinajstić information content (AvgIpc) is 3.27. The summed E-state index contributed by atoms with van der Waals surface area (Å²) >= 11 is 0. The molecule has 0 aromatic heterocycles. The number of nitrogens with one attached hydrogen (secondary N) is 1. The van der Waals surface area contributed by atoms with E-state index in [1.807, 2.05) is 23.1 Å². The van der Waals surface area contributed by atoms with Crippen LogP contribution in [0.2, 0.25) is 0 Å². The summed E-state index contributed by atoms with van der Waals surface area (Å²) in [5.41, 5.74) is 5.04. The quantitative estimate of drug-likeness (QED) is 0.504. The third kappa shape index (κ3) is 5.82. The van der Waals surface area contributed by atoms with E-state index in [4.69, 9.17) is 0 Å². The number of halogens is 1. The van der Waals surface area contributed by atoms with E-state index >= 15 is 0 Å². The third-order valence-corrected chi connectivity index (χ3v) is 9.74. The van der Waals surface area contributed by atoms with Gasteiger partial charge < -0.3 is 9.80 Å². The number of fused-ring (bicyclic) bond motifs is 1. The van der Waals surface area contributed by atoms with Crippen molar-refractivity contribution in [3.05, 3.63) is 76.1 Å². The van der Waals surface area contributed by atoms with E-state index in [1.54, 1.807) is 17.0 Å². The summed E-state index contributed by atoms with van der Waals surface area (Å²) in [6, 6.07) is 11.7. The van der Waals surface area contributed by atoms with Gasteiger partial charge in [0.1, 0.15) is 11.9 Å². The fourth-order valence-corrected chi connectivity index (χ4v) is 7.37. The van der Waals surface area contributed by atoms with Crippen LogP contribution in [0, 0.1) is 11.2 Å². The number of imide groups is 1. The van der Waals surface area contributed by atoms with Gasteiger partial charge in [0.25, 0.3) is 11.8 Å². The van der Waals surface area contributed by atoms with Gasteiger partial charge in [0.05, 0.1) is 5.54 Å². The Morgan fingerprint density at radius 3 is 2.45 bits per heavy atom. The second kappa shape index (κ2) is 11.3. The predicted octanol–water partition coefficient (Wildman–Crippen LogP) is 4.67. The standard InChI is InChI=1S/C35H41FN4O4/c1-34(2)14-13-27(28(18-34)23-6-8-25(36)9-7-23)33(44)40-16-15-38(21-35(40,3)4)19-22-5-10-26-24(17-22)20-39(32(26)43)29-11-12-30(41)37-31(29)42/h5-10,17,29H,11-16,18-21H2,1-4H3,(H,37,41,42). The fraction of sp³-hybridized carbons (Fsp3) is 0.486. The monoisotopic (exact) mass is 600 g/mol. The van der Waals surface area contributed by atoms with Crippen molar-refractivity contribution in [1.82, 2.24) is 20.0 Å². The minimum atomic E-state index is -0.628. The summed E-state index contributed by atoms with van der Waals surface area (Å²) in [6.45, 7) is 11.7. The highest BCUT2D eigenvalue weighted by molar-refractivity contribution is 6.05. The molecule has 1 N–H and O–H groups in total. The number of hydrogen-bond acceptors (Lipinski definition) is 5. The fourth-order valence-electron chi connectivity index (χ4n) is 7.37. The Hall–Kier alpha value is -3.85. The van der Waals surface area contributed by atoms with Crippen molar-refractivity contribution in [2.75, 3.05) is 19.6 Å². The molecule has 9 heteroatoms. The van der Waals surface area contributed by atoms with Crippen LogP contribution in [-0.2, 0) is 27.5 Å². The van der Waals surface area contributed by atoms with Gasteiger partial charge in [0.2, 0.25) is 11.8 Å². The van der Waals surface area contributed by atoms with E-state index in [1.165, 1.54) is 12.1 Å². The molecule has 1 aliphatic carbocycles. The van der Waals surface area contributed by atoms with Crippen LogP contribution in [0.25, 0.3) is 5.57 Å². The Labute approximate surface area is 258 Å². The van der Waals surface area contributed by atoms with Gasteiger partial charge in [-0.1, -0.05) is 38.1 Å². The van der Waals surface area contributed by atoms with Gasteiger partial charge in [-0.2, -0.15) is 0 Å². The molecule has 1 unspecified atom stereocenters. The van der Waals surface area contributed by atoms with Crippen LogP contribution in [0.15, 0.2) is 48.0 Å². The number of hydrogen-bond donors (Lipinski definition) is 1. The number of carbonyl (C=O) groups is 4. The number of carbonyl (C=O) groups excluding carboxylic acids is 4. The molecule has 0 radical (unpaired) electrons. The van der Waals surface area contributed by atoms with Crippen LogP contribution in [0.3, 0.4) is 0 Å². The number of benzene rings is 2.